The van der Waals surface area contributed by atoms with Crippen molar-refractivity contribution < 1.29 is 9.84 Å². The molecule has 0 aliphatic carbocycles. The molecule has 0 aromatic heterocycles. The summed E-state index contributed by atoms with van der Waals surface area (Å²) in [5, 5.41) is 9.56. The lowest BCUT2D eigenvalue weighted by Crippen LogP contribution is -2.24. The number of nitrogens with two attached hydrogens (primary N) is 1. The van der Waals surface area contributed by atoms with Crippen molar-refractivity contribution in [1.82, 2.24) is 0 Å². The van der Waals surface area contributed by atoms with Gasteiger partial charge >= 0.3 is 0 Å². The largest absolute Gasteiger partial charge is 0.395 e. The van der Waals surface area contributed by atoms with Crippen LogP contribution in [-0.2, 0) is 4.74 Å². The van der Waals surface area contributed by atoms with Gasteiger partial charge in [-0.05, 0) is 30.5 Å². The molecule has 0 aliphatic heterocycles. The number of aliphatic hydroxyl groups excluding tert-OH is 1. The minimum absolute atomic E-state index is 0.00914. The summed E-state index contributed by atoms with van der Waals surface area (Å²) >= 11 is 5.82. The molecule has 16 heavy (non-hydrogen) atoms. The molecule has 4 heteroatoms. The Morgan fingerprint density at radius 1 is 1.31 bits per heavy atom. The van der Waals surface area contributed by atoms with Gasteiger partial charge in [0.2, 0.25) is 0 Å². The number of rotatable bonds is 6. The Labute approximate surface area is 101 Å². The van der Waals surface area contributed by atoms with Crippen LogP contribution in [0.5, 0.6) is 0 Å². The highest BCUT2D eigenvalue weighted by molar-refractivity contribution is 6.30. The Kier molecular flexibility index (Phi) is 5.77. The minimum atomic E-state index is -0.176. The fourth-order valence-corrected chi connectivity index (χ4v) is 1.68. The molecule has 3 N–H and O–H groups in total. The molecule has 3 nitrogen and oxygen atoms in total. The lowest BCUT2D eigenvalue weighted by Gasteiger charge is -2.17. The predicted octanol–water partition coefficient (Wildman–Crippen LogP) is 2.13. The number of halogens is 1. The van der Waals surface area contributed by atoms with Crippen LogP contribution in [0.15, 0.2) is 24.3 Å². The van der Waals surface area contributed by atoms with Crippen molar-refractivity contribution in [3.8, 4) is 0 Å². The third-order valence-electron chi connectivity index (χ3n) is 2.56. The molecule has 1 aromatic rings. The summed E-state index contributed by atoms with van der Waals surface area (Å²) in [6, 6.07) is 7.40. The van der Waals surface area contributed by atoms with Crippen molar-refractivity contribution in [1.29, 1.82) is 0 Å². The van der Waals surface area contributed by atoms with E-state index in [0.717, 1.165) is 18.4 Å². The van der Waals surface area contributed by atoms with E-state index in [0.29, 0.717) is 5.02 Å². The summed E-state index contributed by atoms with van der Waals surface area (Å²) < 4.78 is 5.39. The standard InChI is InChI=1S/C12H18ClNO2/c1-16-12(7-6-11(14)8-15)9-2-4-10(13)5-3-9/h2-5,11-12,15H,6-8,14H2,1H3/t11?,12-/m0/s1. The first-order valence-corrected chi connectivity index (χ1v) is 5.70. The van der Waals surface area contributed by atoms with E-state index in [9.17, 15) is 0 Å². The first-order chi connectivity index (χ1) is 7.67. The minimum Gasteiger partial charge on any atom is -0.395 e. The molecule has 0 amide bonds. The van der Waals surface area contributed by atoms with E-state index in [1.165, 1.54) is 0 Å². The first-order valence-electron chi connectivity index (χ1n) is 5.32. The Morgan fingerprint density at radius 2 is 1.94 bits per heavy atom. The molecule has 2 atom stereocenters. The molecule has 0 bridgehead atoms. The Hall–Kier alpha value is -0.610. The number of hydrogen-bond acceptors (Lipinski definition) is 3. The van der Waals surface area contributed by atoms with Crippen molar-refractivity contribution in [2.45, 2.75) is 25.0 Å². The van der Waals surface area contributed by atoms with E-state index < -0.39 is 0 Å². The van der Waals surface area contributed by atoms with Crippen LogP contribution < -0.4 is 5.73 Å². The van der Waals surface area contributed by atoms with Crippen LogP contribution in [0.3, 0.4) is 0 Å². The molecular formula is C12H18ClNO2. The summed E-state index contributed by atoms with van der Waals surface area (Å²) in [5.74, 6) is 0. The quantitative estimate of drug-likeness (QED) is 0.805. The average molecular weight is 244 g/mol. The predicted molar refractivity (Wildman–Crippen MR) is 65.5 cm³/mol. The van der Waals surface area contributed by atoms with Crippen molar-refractivity contribution >= 4 is 11.6 Å². The van der Waals surface area contributed by atoms with E-state index in [2.05, 4.69) is 0 Å². The molecule has 0 heterocycles. The Balaban J connectivity index is 2.57. The topological polar surface area (TPSA) is 55.5 Å². The molecule has 0 saturated heterocycles. The molecule has 1 rings (SSSR count). The van der Waals surface area contributed by atoms with Crippen LogP contribution in [-0.4, -0.2) is 24.9 Å². The summed E-state index contributed by atoms with van der Waals surface area (Å²) in [7, 11) is 1.67. The maximum absolute atomic E-state index is 8.84. The molecule has 1 aromatic carbocycles. The van der Waals surface area contributed by atoms with Gasteiger partial charge in [-0.3, -0.25) is 0 Å². The third-order valence-corrected chi connectivity index (χ3v) is 2.81. The van der Waals surface area contributed by atoms with Crippen molar-refractivity contribution in [3.63, 3.8) is 0 Å². The molecule has 0 aliphatic rings. The number of hydrogen-bond donors (Lipinski definition) is 2. The zero-order chi connectivity index (χ0) is 12.0. The smallest absolute Gasteiger partial charge is 0.0821 e. The maximum atomic E-state index is 8.84. The third kappa shape index (κ3) is 4.10. The van der Waals surface area contributed by atoms with Gasteiger partial charge in [0.25, 0.3) is 0 Å². The Bertz CT molecular complexity index is 302. The molecule has 0 radical (unpaired) electrons. The van der Waals surface area contributed by atoms with Crippen LogP contribution in [0, 0.1) is 0 Å². The van der Waals surface area contributed by atoms with E-state index in [1.807, 2.05) is 24.3 Å². The number of aliphatic hydroxyl groups is 1. The summed E-state index contributed by atoms with van der Waals surface area (Å²) in [6.45, 7) is 0.0110. The van der Waals surface area contributed by atoms with E-state index in [-0.39, 0.29) is 18.8 Å². The van der Waals surface area contributed by atoms with Gasteiger partial charge in [0.15, 0.2) is 0 Å². The van der Waals surface area contributed by atoms with Gasteiger partial charge in [0.05, 0.1) is 12.7 Å². The van der Waals surface area contributed by atoms with E-state index in [1.54, 1.807) is 7.11 Å². The van der Waals surface area contributed by atoms with Gasteiger partial charge in [0.1, 0.15) is 0 Å². The van der Waals surface area contributed by atoms with Gasteiger partial charge < -0.3 is 15.6 Å². The lowest BCUT2D eigenvalue weighted by atomic mass is 10.0. The zero-order valence-electron chi connectivity index (χ0n) is 9.40. The Morgan fingerprint density at radius 3 is 2.44 bits per heavy atom. The van der Waals surface area contributed by atoms with E-state index >= 15 is 0 Å². The fraction of sp³-hybridized carbons (Fsp3) is 0.500. The normalized spacial score (nSPS) is 14.8. The van der Waals surface area contributed by atoms with Gasteiger partial charge in [-0.25, -0.2) is 0 Å². The number of ether oxygens (including phenoxy) is 1. The second-order valence-electron chi connectivity index (χ2n) is 3.80. The van der Waals surface area contributed by atoms with Gasteiger partial charge in [-0.2, -0.15) is 0 Å². The molecule has 90 valence electrons. The van der Waals surface area contributed by atoms with Crippen LogP contribution in [0.25, 0.3) is 0 Å². The summed E-state index contributed by atoms with van der Waals surface area (Å²) in [5.41, 5.74) is 6.73. The van der Waals surface area contributed by atoms with Crippen LogP contribution in [0.1, 0.15) is 24.5 Å². The van der Waals surface area contributed by atoms with Crippen molar-refractivity contribution in [2.75, 3.05) is 13.7 Å². The van der Waals surface area contributed by atoms with Gasteiger partial charge in [0, 0.05) is 18.2 Å². The SMILES string of the molecule is CO[C@@H](CCC(N)CO)c1ccc(Cl)cc1. The highest BCUT2D eigenvalue weighted by Crippen LogP contribution is 2.23. The van der Waals surface area contributed by atoms with Crippen molar-refractivity contribution in [2.24, 2.45) is 5.73 Å². The van der Waals surface area contributed by atoms with E-state index in [4.69, 9.17) is 27.2 Å². The van der Waals surface area contributed by atoms with Crippen LogP contribution in [0.4, 0.5) is 0 Å². The highest BCUT2D eigenvalue weighted by Gasteiger charge is 2.12. The summed E-state index contributed by atoms with van der Waals surface area (Å²) in [6.07, 6.45) is 1.53. The number of methoxy groups -OCH3 is 1. The van der Waals surface area contributed by atoms with Gasteiger partial charge in [-0.15, -0.1) is 0 Å². The second kappa shape index (κ2) is 6.86. The van der Waals surface area contributed by atoms with Crippen LogP contribution in [0.2, 0.25) is 5.02 Å². The molecule has 0 fully saturated rings. The number of benzene rings is 1. The summed E-state index contributed by atoms with van der Waals surface area (Å²) in [4.78, 5) is 0. The van der Waals surface area contributed by atoms with Gasteiger partial charge in [-0.1, -0.05) is 23.7 Å². The van der Waals surface area contributed by atoms with Crippen molar-refractivity contribution in [3.05, 3.63) is 34.9 Å². The molecule has 1 unspecified atom stereocenters. The van der Waals surface area contributed by atoms with Crippen LogP contribution >= 0.6 is 11.6 Å². The second-order valence-corrected chi connectivity index (χ2v) is 4.23. The average Bonchev–Trinajstić information content (AvgIpc) is 2.31. The highest BCUT2D eigenvalue weighted by atomic mass is 35.5. The maximum Gasteiger partial charge on any atom is 0.0821 e. The monoisotopic (exact) mass is 243 g/mol. The lowest BCUT2D eigenvalue weighted by molar-refractivity contribution is 0.0896. The molecule has 0 spiro atoms. The zero-order valence-corrected chi connectivity index (χ0v) is 10.2. The molecular weight excluding hydrogens is 226 g/mol. The fourth-order valence-electron chi connectivity index (χ4n) is 1.55. The molecule has 0 saturated carbocycles. The first kappa shape index (κ1) is 13.5.